The second-order valence-corrected chi connectivity index (χ2v) is 6.05. The van der Waals surface area contributed by atoms with Crippen LogP contribution in [0.25, 0.3) is 0 Å². The summed E-state index contributed by atoms with van der Waals surface area (Å²) in [5, 5.41) is 20.6. The summed E-state index contributed by atoms with van der Waals surface area (Å²) >= 11 is 3.40. The Morgan fingerprint density at radius 3 is 2.96 bits per heavy atom. The minimum absolute atomic E-state index is 0.240. The molecule has 1 aliphatic rings. The second-order valence-electron chi connectivity index (χ2n) is 5.20. The fraction of sp³-hybridized carbons (Fsp3) is 0.357. The molecule has 0 unspecified atom stereocenters. The maximum Gasteiger partial charge on any atom is 0.322 e. The van der Waals surface area contributed by atoms with E-state index in [1.165, 1.54) is 0 Å². The maximum absolute atomic E-state index is 12.4. The Bertz CT molecular complexity index is 694. The summed E-state index contributed by atoms with van der Waals surface area (Å²) in [6, 6.07) is 4.71. The molecule has 1 saturated heterocycles. The Morgan fingerprint density at radius 1 is 1.48 bits per heavy atom. The fourth-order valence-corrected chi connectivity index (χ4v) is 2.96. The molecule has 0 saturated carbocycles. The standard InChI is InChI=1S/C14H16BrN5O3/c1-23-9-2-3-11(10(15)6-9)17-14(22)19-7-12(13(21)8-19)20-5-4-16-18-20/h2-6,12-13,21H,7-8H2,1H3,(H,17,22)/t12-,13-/m1/s1. The molecule has 0 bridgehead atoms. The average Bonchev–Trinajstić information content (AvgIpc) is 3.18. The van der Waals surface area contributed by atoms with E-state index in [2.05, 4.69) is 31.6 Å². The van der Waals surface area contributed by atoms with E-state index in [0.29, 0.717) is 18.0 Å². The van der Waals surface area contributed by atoms with E-state index in [1.807, 2.05) is 0 Å². The Hall–Kier alpha value is -2.13. The van der Waals surface area contributed by atoms with Crippen LogP contribution in [0.4, 0.5) is 10.5 Å². The van der Waals surface area contributed by atoms with Crippen molar-refractivity contribution in [1.82, 2.24) is 19.9 Å². The number of methoxy groups -OCH3 is 1. The van der Waals surface area contributed by atoms with Crippen LogP contribution >= 0.6 is 15.9 Å². The van der Waals surface area contributed by atoms with Gasteiger partial charge in [-0.05, 0) is 34.1 Å². The smallest absolute Gasteiger partial charge is 0.322 e. The van der Waals surface area contributed by atoms with E-state index < -0.39 is 6.10 Å². The summed E-state index contributed by atoms with van der Waals surface area (Å²) in [4.78, 5) is 13.9. The van der Waals surface area contributed by atoms with Gasteiger partial charge in [0.25, 0.3) is 0 Å². The third-order valence-corrected chi connectivity index (χ3v) is 4.40. The molecule has 8 nitrogen and oxygen atoms in total. The van der Waals surface area contributed by atoms with Gasteiger partial charge in [-0.2, -0.15) is 0 Å². The molecule has 2 aromatic rings. The Balaban J connectivity index is 1.67. The number of β-amino-alcohol motifs (C(OH)–C–C–N with tert-alkyl or cyclic N) is 1. The normalized spacial score (nSPS) is 20.6. The zero-order valence-electron chi connectivity index (χ0n) is 12.4. The number of aromatic nitrogens is 3. The first-order valence-corrected chi connectivity index (χ1v) is 7.81. The van der Waals surface area contributed by atoms with Crippen LogP contribution in [0.15, 0.2) is 35.1 Å². The number of nitrogens with zero attached hydrogens (tertiary/aromatic N) is 4. The van der Waals surface area contributed by atoms with Gasteiger partial charge in [-0.15, -0.1) is 5.10 Å². The van der Waals surface area contributed by atoms with Crippen molar-refractivity contribution in [3.8, 4) is 5.75 Å². The van der Waals surface area contributed by atoms with E-state index in [1.54, 1.807) is 47.3 Å². The molecule has 2 atom stereocenters. The van der Waals surface area contributed by atoms with Gasteiger partial charge in [-0.1, -0.05) is 5.21 Å². The highest BCUT2D eigenvalue weighted by atomic mass is 79.9. The van der Waals surface area contributed by atoms with Gasteiger partial charge in [-0.25, -0.2) is 9.48 Å². The number of carbonyl (C=O) groups excluding carboxylic acids is 1. The number of rotatable bonds is 3. The van der Waals surface area contributed by atoms with Crippen LogP contribution in [-0.2, 0) is 0 Å². The molecule has 3 rings (SSSR count). The van der Waals surface area contributed by atoms with Crippen LogP contribution in [0, 0.1) is 0 Å². The van der Waals surface area contributed by atoms with Crippen LogP contribution in [0.1, 0.15) is 6.04 Å². The number of halogens is 1. The van der Waals surface area contributed by atoms with Crippen molar-refractivity contribution in [2.75, 3.05) is 25.5 Å². The summed E-state index contributed by atoms with van der Waals surface area (Å²) in [7, 11) is 1.58. The fourth-order valence-electron chi connectivity index (χ4n) is 2.51. The lowest BCUT2D eigenvalue weighted by Gasteiger charge is -2.17. The number of anilines is 1. The molecule has 1 aromatic carbocycles. The molecule has 0 spiro atoms. The van der Waals surface area contributed by atoms with Crippen LogP contribution in [-0.4, -0.2) is 57.3 Å². The number of benzene rings is 1. The van der Waals surface area contributed by atoms with E-state index in [-0.39, 0.29) is 18.6 Å². The van der Waals surface area contributed by atoms with Gasteiger partial charge in [0.05, 0.1) is 37.7 Å². The van der Waals surface area contributed by atoms with Gasteiger partial charge >= 0.3 is 6.03 Å². The minimum atomic E-state index is -0.679. The molecule has 0 radical (unpaired) electrons. The Kier molecular flexibility index (Phi) is 4.49. The lowest BCUT2D eigenvalue weighted by Crippen LogP contribution is -2.33. The van der Waals surface area contributed by atoms with Crippen molar-refractivity contribution < 1.29 is 14.6 Å². The molecule has 23 heavy (non-hydrogen) atoms. The maximum atomic E-state index is 12.4. The minimum Gasteiger partial charge on any atom is -0.497 e. The van der Waals surface area contributed by atoms with Crippen LogP contribution in [0.3, 0.4) is 0 Å². The highest BCUT2D eigenvalue weighted by molar-refractivity contribution is 9.10. The number of carbonyl (C=O) groups is 1. The number of hydrogen-bond acceptors (Lipinski definition) is 5. The topological polar surface area (TPSA) is 92.5 Å². The number of aliphatic hydroxyl groups excluding tert-OH is 1. The predicted molar refractivity (Wildman–Crippen MR) is 86.4 cm³/mol. The molecular formula is C14H16BrN5O3. The summed E-state index contributed by atoms with van der Waals surface area (Å²) in [6.07, 6.45) is 2.54. The quantitative estimate of drug-likeness (QED) is 0.840. The summed E-state index contributed by atoms with van der Waals surface area (Å²) in [6.45, 7) is 0.605. The van der Waals surface area contributed by atoms with Crippen molar-refractivity contribution in [2.24, 2.45) is 0 Å². The highest BCUT2D eigenvalue weighted by Crippen LogP contribution is 2.28. The van der Waals surface area contributed by atoms with Gasteiger partial charge in [0.1, 0.15) is 5.75 Å². The largest absolute Gasteiger partial charge is 0.497 e. The van der Waals surface area contributed by atoms with E-state index in [9.17, 15) is 9.90 Å². The van der Waals surface area contributed by atoms with Gasteiger partial charge in [0.2, 0.25) is 0 Å². The molecule has 9 heteroatoms. The van der Waals surface area contributed by atoms with Crippen molar-refractivity contribution >= 4 is 27.6 Å². The number of amides is 2. The zero-order chi connectivity index (χ0) is 16.4. The molecule has 2 amide bonds. The van der Waals surface area contributed by atoms with Crippen molar-refractivity contribution in [2.45, 2.75) is 12.1 Å². The molecule has 1 fully saturated rings. The zero-order valence-corrected chi connectivity index (χ0v) is 14.0. The third kappa shape index (κ3) is 3.30. The number of hydrogen-bond donors (Lipinski definition) is 2. The van der Waals surface area contributed by atoms with Crippen molar-refractivity contribution in [1.29, 1.82) is 0 Å². The van der Waals surface area contributed by atoms with Crippen LogP contribution in [0.5, 0.6) is 5.75 Å². The number of urea groups is 1. The van der Waals surface area contributed by atoms with E-state index >= 15 is 0 Å². The van der Waals surface area contributed by atoms with Crippen LogP contribution < -0.4 is 10.1 Å². The van der Waals surface area contributed by atoms with Gasteiger partial charge in [0.15, 0.2) is 0 Å². The molecule has 2 heterocycles. The van der Waals surface area contributed by atoms with E-state index in [4.69, 9.17) is 4.74 Å². The lowest BCUT2D eigenvalue weighted by molar-refractivity contribution is 0.139. The third-order valence-electron chi connectivity index (χ3n) is 3.74. The average molecular weight is 382 g/mol. The number of likely N-dealkylation sites (tertiary alicyclic amines) is 1. The first kappa shape index (κ1) is 15.8. The monoisotopic (exact) mass is 381 g/mol. The number of nitrogens with one attached hydrogen (secondary N) is 1. The summed E-state index contributed by atoms with van der Waals surface area (Å²) in [5.41, 5.74) is 0.634. The Labute approximate surface area is 141 Å². The summed E-state index contributed by atoms with van der Waals surface area (Å²) < 4.78 is 7.41. The predicted octanol–water partition coefficient (Wildman–Crippen LogP) is 1.50. The molecule has 1 aromatic heterocycles. The first-order chi connectivity index (χ1) is 11.1. The first-order valence-electron chi connectivity index (χ1n) is 7.02. The summed E-state index contributed by atoms with van der Waals surface area (Å²) in [5.74, 6) is 0.692. The number of aliphatic hydroxyl groups is 1. The molecule has 0 aliphatic carbocycles. The Morgan fingerprint density at radius 2 is 2.30 bits per heavy atom. The van der Waals surface area contributed by atoms with Gasteiger partial charge in [-0.3, -0.25) is 0 Å². The molecule has 122 valence electrons. The van der Waals surface area contributed by atoms with Gasteiger partial charge in [0, 0.05) is 17.2 Å². The van der Waals surface area contributed by atoms with Crippen molar-refractivity contribution in [3.05, 3.63) is 35.1 Å². The number of ether oxygens (including phenoxy) is 1. The van der Waals surface area contributed by atoms with Gasteiger partial charge < -0.3 is 20.1 Å². The molecule has 2 N–H and O–H groups in total. The van der Waals surface area contributed by atoms with E-state index in [0.717, 1.165) is 4.47 Å². The molecule has 1 aliphatic heterocycles. The second kappa shape index (κ2) is 6.55. The highest BCUT2D eigenvalue weighted by Gasteiger charge is 2.35. The molecular weight excluding hydrogens is 366 g/mol. The van der Waals surface area contributed by atoms with Crippen LogP contribution in [0.2, 0.25) is 0 Å². The SMILES string of the molecule is COc1ccc(NC(=O)N2C[C@@H](O)[C@H](n3ccnn3)C2)c(Br)c1. The van der Waals surface area contributed by atoms with Crippen molar-refractivity contribution in [3.63, 3.8) is 0 Å². The lowest BCUT2D eigenvalue weighted by atomic mass is 10.2.